The van der Waals surface area contributed by atoms with Gasteiger partial charge in [0.25, 0.3) is 0 Å². The van der Waals surface area contributed by atoms with Crippen LogP contribution in [0.3, 0.4) is 0 Å². The molecule has 9 heteroatoms. The van der Waals surface area contributed by atoms with Crippen LogP contribution in [0.2, 0.25) is 0 Å². The van der Waals surface area contributed by atoms with Crippen LogP contribution >= 0.6 is 7.82 Å². The zero-order valence-electron chi connectivity index (χ0n) is 37.1. The molecule has 0 radical (unpaired) electrons. The molecule has 8 nitrogen and oxygen atoms in total. The van der Waals surface area contributed by atoms with Crippen molar-refractivity contribution in [3.05, 3.63) is 12.2 Å². The highest BCUT2D eigenvalue weighted by molar-refractivity contribution is 7.47. The minimum atomic E-state index is -4.26. The van der Waals surface area contributed by atoms with E-state index >= 15 is 0 Å². The van der Waals surface area contributed by atoms with Gasteiger partial charge in [0.15, 0.2) is 6.10 Å². The molecule has 0 heterocycles. The summed E-state index contributed by atoms with van der Waals surface area (Å²) in [5, 5.41) is 0. The fourth-order valence-corrected chi connectivity index (χ4v) is 7.53. The van der Waals surface area contributed by atoms with Crippen molar-refractivity contribution in [2.75, 3.05) is 20.3 Å². The SMILES string of the molecule is CCCCCCCCC/C=C\CCCCCCCCCC(=O)OC(COC(=O)CCCCCCCCCCCCCCCCCCCCC)COP(=O)(O)OC. The Bertz CT molecular complexity index is 926. The molecule has 0 fully saturated rings. The normalized spacial score (nSPS) is 13.3. The summed E-state index contributed by atoms with van der Waals surface area (Å²) in [7, 11) is -3.19. The first-order valence-corrected chi connectivity index (χ1v) is 25.4. The number of phosphoric acid groups is 1. The van der Waals surface area contributed by atoms with E-state index in [9.17, 15) is 19.0 Å². The molecule has 0 aromatic rings. The number of hydrogen-bond acceptors (Lipinski definition) is 7. The van der Waals surface area contributed by atoms with E-state index in [0.717, 1.165) is 52.1 Å². The number of carbonyl (C=O) groups excluding carboxylic acids is 2. The van der Waals surface area contributed by atoms with Gasteiger partial charge >= 0.3 is 19.8 Å². The van der Waals surface area contributed by atoms with Crippen molar-refractivity contribution in [3.8, 4) is 0 Å². The molecule has 1 N–H and O–H groups in total. The Morgan fingerprint density at radius 1 is 0.482 bits per heavy atom. The van der Waals surface area contributed by atoms with Crippen molar-refractivity contribution in [1.29, 1.82) is 0 Å². The summed E-state index contributed by atoms with van der Waals surface area (Å²) in [6.45, 7) is 3.92. The van der Waals surface area contributed by atoms with E-state index in [2.05, 4.69) is 30.5 Å². The molecule has 2 unspecified atom stereocenters. The third kappa shape index (κ3) is 42.4. The minimum Gasteiger partial charge on any atom is -0.462 e. The predicted molar refractivity (Wildman–Crippen MR) is 235 cm³/mol. The molecular weight excluding hydrogens is 723 g/mol. The van der Waals surface area contributed by atoms with Crippen molar-refractivity contribution in [2.24, 2.45) is 0 Å². The van der Waals surface area contributed by atoms with Crippen LogP contribution in [0.1, 0.15) is 251 Å². The molecule has 0 saturated heterocycles. The summed E-state index contributed by atoms with van der Waals surface area (Å²) >= 11 is 0. The maximum absolute atomic E-state index is 12.5. The number of allylic oxidation sites excluding steroid dienone is 2. The lowest BCUT2D eigenvalue weighted by molar-refractivity contribution is -0.161. The molecule has 0 amide bonds. The third-order valence-corrected chi connectivity index (χ3v) is 11.7. The average Bonchev–Trinajstić information content (AvgIpc) is 3.19. The number of esters is 2. The van der Waals surface area contributed by atoms with Gasteiger partial charge in [-0.05, 0) is 38.5 Å². The summed E-state index contributed by atoms with van der Waals surface area (Å²) in [4.78, 5) is 34.6. The summed E-state index contributed by atoms with van der Waals surface area (Å²) in [5.41, 5.74) is 0. The standard InChI is InChI=1S/C47H91O8P/c1-4-6-8-10-12-14-16-18-20-22-24-26-27-29-31-33-35-37-39-41-46(48)53-43-45(44-54-56(50,51)52-3)55-47(49)42-40-38-36-34-32-30-28-25-23-21-19-17-15-13-11-9-7-5-2/h21,23,45H,4-20,22,24-44H2,1-3H3,(H,50,51)/b23-21-. The monoisotopic (exact) mass is 815 g/mol. The number of ether oxygens (including phenoxy) is 2. The first-order valence-electron chi connectivity index (χ1n) is 23.9. The van der Waals surface area contributed by atoms with Crippen LogP contribution in [0.5, 0.6) is 0 Å². The van der Waals surface area contributed by atoms with Gasteiger partial charge in [0.2, 0.25) is 0 Å². The summed E-state index contributed by atoms with van der Waals surface area (Å²) in [5.74, 6) is -0.793. The van der Waals surface area contributed by atoms with E-state index < -0.39 is 26.5 Å². The first kappa shape index (κ1) is 54.8. The van der Waals surface area contributed by atoms with Gasteiger partial charge in [0.05, 0.1) is 6.61 Å². The van der Waals surface area contributed by atoms with Gasteiger partial charge in [0.1, 0.15) is 6.61 Å². The van der Waals surface area contributed by atoms with Gasteiger partial charge in [-0.1, -0.05) is 212 Å². The van der Waals surface area contributed by atoms with Crippen LogP contribution in [0, 0.1) is 0 Å². The van der Waals surface area contributed by atoms with Gasteiger partial charge < -0.3 is 14.4 Å². The molecule has 0 saturated carbocycles. The average molecular weight is 815 g/mol. The molecule has 0 aliphatic heterocycles. The second-order valence-electron chi connectivity index (χ2n) is 16.3. The zero-order valence-corrected chi connectivity index (χ0v) is 38.0. The molecule has 0 aromatic carbocycles. The summed E-state index contributed by atoms with van der Waals surface area (Å²) in [6, 6.07) is 0. The molecule has 0 bridgehead atoms. The second kappa shape index (κ2) is 43.4. The van der Waals surface area contributed by atoms with Crippen molar-refractivity contribution in [2.45, 2.75) is 258 Å². The van der Waals surface area contributed by atoms with Gasteiger partial charge in [-0.2, -0.15) is 0 Å². The van der Waals surface area contributed by atoms with Crippen LogP contribution in [-0.4, -0.2) is 43.3 Å². The first-order chi connectivity index (χ1) is 27.3. The zero-order chi connectivity index (χ0) is 41.1. The van der Waals surface area contributed by atoms with E-state index in [4.69, 9.17) is 14.0 Å². The Morgan fingerprint density at radius 2 is 0.804 bits per heavy atom. The van der Waals surface area contributed by atoms with Crippen LogP contribution < -0.4 is 0 Å². The van der Waals surface area contributed by atoms with Crippen molar-refractivity contribution in [3.63, 3.8) is 0 Å². The molecule has 2 atom stereocenters. The Balaban J connectivity index is 3.90. The molecule has 56 heavy (non-hydrogen) atoms. The third-order valence-electron chi connectivity index (χ3n) is 10.8. The lowest BCUT2D eigenvalue weighted by atomic mass is 10.0. The van der Waals surface area contributed by atoms with E-state index in [-0.39, 0.29) is 19.0 Å². The van der Waals surface area contributed by atoms with Crippen LogP contribution in [0.25, 0.3) is 0 Å². The molecule has 0 rings (SSSR count). The van der Waals surface area contributed by atoms with E-state index in [0.29, 0.717) is 12.8 Å². The number of rotatable bonds is 45. The summed E-state index contributed by atoms with van der Waals surface area (Å²) < 4.78 is 32.1. The smallest absolute Gasteiger partial charge is 0.462 e. The van der Waals surface area contributed by atoms with Crippen LogP contribution in [0.4, 0.5) is 0 Å². The van der Waals surface area contributed by atoms with Gasteiger partial charge in [-0.15, -0.1) is 0 Å². The largest absolute Gasteiger partial charge is 0.472 e. The minimum absolute atomic E-state index is 0.221. The van der Waals surface area contributed by atoms with E-state index in [1.54, 1.807) is 0 Å². The molecule has 0 aliphatic rings. The lowest BCUT2D eigenvalue weighted by Gasteiger charge is -2.19. The lowest BCUT2D eigenvalue weighted by Crippen LogP contribution is -2.29. The molecular formula is C47H91O8P. The quantitative estimate of drug-likeness (QED) is 0.0280. The Kier molecular flexibility index (Phi) is 42.4. The number of phosphoric ester groups is 1. The fourth-order valence-electron chi connectivity index (χ4n) is 7.07. The van der Waals surface area contributed by atoms with E-state index in [1.165, 1.54) is 173 Å². The van der Waals surface area contributed by atoms with Crippen molar-refractivity contribution >= 4 is 19.8 Å². The summed E-state index contributed by atoms with van der Waals surface area (Å²) in [6.07, 6.45) is 48.4. The topological polar surface area (TPSA) is 108 Å². The van der Waals surface area contributed by atoms with Gasteiger partial charge in [0, 0.05) is 20.0 Å². The van der Waals surface area contributed by atoms with Crippen molar-refractivity contribution in [1.82, 2.24) is 0 Å². The van der Waals surface area contributed by atoms with Gasteiger partial charge in [-0.25, -0.2) is 4.57 Å². The Hall–Kier alpha value is -1.21. The second-order valence-corrected chi connectivity index (χ2v) is 17.8. The molecule has 0 aliphatic carbocycles. The highest BCUT2D eigenvalue weighted by atomic mass is 31.2. The number of hydrogen-bond donors (Lipinski definition) is 1. The van der Waals surface area contributed by atoms with Gasteiger partial charge in [-0.3, -0.25) is 18.6 Å². The number of carbonyl (C=O) groups is 2. The predicted octanol–water partition coefficient (Wildman–Crippen LogP) is 15.2. The van der Waals surface area contributed by atoms with Crippen LogP contribution in [-0.2, 0) is 32.7 Å². The molecule has 332 valence electrons. The fraction of sp³-hybridized carbons (Fsp3) is 0.915. The van der Waals surface area contributed by atoms with E-state index in [1.807, 2.05) is 0 Å². The molecule has 0 spiro atoms. The molecule has 0 aromatic heterocycles. The number of unbranched alkanes of at least 4 members (excludes halogenated alkanes) is 32. The highest BCUT2D eigenvalue weighted by Gasteiger charge is 2.24. The maximum Gasteiger partial charge on any atom is 0.472 e. The highest BCUT2D eigenvalue weighted by Crippen LogP contribution is 2.42. The Labute approximate surface area is 346 Å². The van der Waals surface area contributed by atoms with Crippen molar-refractivity contribution < 1.29 is 37.6 Å². The van der Waals surface area contributed by atoms with Crippen LogP contribution in [0.15, 0.2) is 12.2 Å². The Morgan fingerprint density at radius 3 is 1.16 bits per heavy atom. The maximum atomic E-state index is 12.5.